The SMILES string of the molecule is NC(=O)N1C(=O)C2CC=C3C(CC4(Cl)C(=O)N(CBr)C(=O)C4(Cl)C3c3ccc(O)cc3)C2C1=O. The highest BCUT2D eigenvalue weighted by Crippen LogP contribution is 2.65. The topological polar surface area (TPSA) is 138 Å². The summed E-state index contributed by atoms with van der Waals surface area (Å²) < 4.78 is 0. The largest absolute Gasteiger partial charge is 0.508 e. The number of urea groups is 1. The smallest absolute Gasteiger partial charge is 0.328 e. The Bertz CT molecular complexity index is 1210. The van der Waals surface area contributed by atoms with Crippen LogP contribution in [0.2, 0.25) is 0 Å². The molecule has 6 atom stereocenters. The van der Waals surface area contributed by atoms with Crippen molar-refractivity contribution in [2.24, 2.45) is 23.5 Å². The van der Waals surface area contributed by atoms with Gasteiger partial charge in [-0.3, -0.25) is 24.1 Å². The fourth-order valence-electron chi connectivity index (χ4n) is 6.01. The van der Waals surface area contributed by atoms with Gasteiger partial charge >= 0.3 is 6.03 Å². The highest BCUT2D eigenvalue weighted by atomic mass is 79.9. The fourth-order valence-corrected chi connectivity index (χ4v) is 7.44. The van der Waals surface area contributed by atoms with Gasteiger partial charge in [-0.25, -0.2) is 4.79 Å². The Morgan fingerprint density at radius 3 is 2.32 bits per heavy atom. The Labute approximate surface area is 211 Å². The van der Waals surface area contributed by atoms with Crippen LogP contribution in [0.4, 0.5) is 4.79 Å². The molecule has 5 rings (SSSR count). The van der Waals surface area contributed by atoms with Crippen LogP contribution >= 0.6 is 39.1 Å². The number of rotatable bonds is 2. The van der Waals surface area contributed by atoms with Crippen LogP contribution in [0.1, 0.15) is 24.3 Å². The first-order chi connectivity index (χ1) is 16.0. The number of hydrogen-bond acceptors (Lipinski definition) is 6. The van der Waals surface area contributed by atoms with Crippen LogP contribution in [0.3, 0.4) is 0 Å². The number of halogens is 3. The number of nitrogens with two attached hydrogens (primary N) is 1. The Kier molecular flexibility index (Phi) is 5.17. The molecule has 4 aliphatic rings. The lowest BCUT2D eigenvalue weighted by atomic mass is 9.56. The molecule has 0 spiro atoms. The van der Waals surface area contributed by atoms with E-state index in [0.29, 0.717) is 16.0 Å². The van der Waals surface area contributed by atoms with Crippen molar-refractivity contribution < 1.29 is 29.1 Å². The number of amides is 6. The zero-order chi connectivity index (χ0) is 24.7. The highest BCUT2D eigenvalue weighted by Gasteiger charge is 2.76. The van der Waals surface area contributed by atoms with E-state index in [9.17, 15) is 29.1 Å². The molecule has 2 saturated heterocycles. The molecule has 1 aromatic carbocycles. The van der Waals surface area contributed by atoms with Gasteiger partial charge in [-0.15, -0.1) is 23.2 Å². The lowest BCUT2D eigenvalue weighted by Gasteiger charge is -2.50. The van der Waals surface area contributed by atoms with Crippen LogP contribution in [0.15, 0.2) is 35.9 Å². The van der Waals surface area contributed by atoms with Crippen LogP contribution in [-0.2, 0) is 19.2 Å². The van der Waals surface area contributed by atoms with Gasteiger partial charge in [0.05, 0.1) is 17.3 Å². The molecule has 9 nitrogen and oxygen atoms in total. The number of phenolic OH excluding ortho intramolecular Hbond substituents is 1. The van der Waals surface area contributed by atoms with Crippen molar-refractivity contribution in [3.05, 3.63) is 41.5 Å². The van der Waals surface area contributed by atoms with Crippen molar-refractivity contribution in [2.75, 3.05) is 5.45 Å². The number of nitrogens with zero attached hydrogens (tertiary/aromatic N) is 2. The molecule has 34 heavy (non-hydrogen) atoms. The van der Waals surface area contributed by atoms with Crippen LogP contribution < -0.4 is 5.73 Å². The number of allylic oxidation sites excluding steroid dienone is 2. The molecule has 1 saturated carbocycles. The number of alkyl halides is 3. The van der Waals surface area contributed by atoms with Gasteiger partial charge in [-0.05, 0) is 36.5 Å². The van der Waals surface area contributed by atoms with Crippen molar-refractivity contribution in [1.29, 1.82) is 0 Å². The van der Waals surface area contributed by atoms with E-state index in [0.717, 1.165) is 4.90 Å². The number of likely N-dealkylation sites (tertiary alicyclic amines) is 2. The van der Waals surface area contributed by atoms with Gasteiger partial charge in [-0.1, -0.05) is 39.7 Å². The second-order valence-corrected chi connectivity index (χ2v) is 10.7. The number of hydrogen-bond donors (Lipinski definition) is 2. The van der Waals surface area contributed by atoms with Crippen molar-refractivity contribution in [2.45, 2.75) is 28.5 Å². The second-order valence-electron chi connectivity index (χ2n) is 8.93. The Balaban J connectivity index is 1.72. The summed E-state index contributed by atoms with van der Waals surface area (Å²) in [4.78, 5) is 62.2. The van der Waals surface area contributed by atoms with Gasteiger partial charge in [0.25, 0.3) is 11.8 Å². The van der Waals surface area contributed by atoms with E-state index in [1.807, 2.05) is 0 Å². The number of imide groups is 4. The molecule has 2 heterocycles. The predicted octanol–water partition coefficient (Wildman–Crippen LogP) is 2.18. The monoisotopic (exact) mass is 569 g/mol. The summed E-state index contributed by atoms with van der Waals surface area (Å²) in [5, 5.41) is 9.79. The van der Waals surface area contributed by atoms with Crippen molar-refractivity contribution >= 4 is 68.8 Å². The van der Waals surface area contributed by atoms with E-state index in [2.05, 4.69) is 15.9 Å². The first-order valence-corrected chi connectivity index (χ1v) is 12.3. The molecule has 0 aromatic heterocycles. The number of primary amides is 1. The number of benzene rings is 1. The molecular formula is C22H18BrCl2N3O6. The highest BCUT2D eigenvalue weighted by molar-refractivity contribution is 9.09. The zero-order valence-electron chi connectivity index (χ0n) is 17.4. The van der Waals surface area contributed by atoms with Gasteiger partial charge in [0, 0.05) is 5.92 Å². The summed E-state index contributed by atoms with van der Waals surface area (Å²) in [5.41, 5.74) is 6.26. The third-order valence-corrected chi connectivity index (χ3v) is 9.38. The summed E-state index contributed by atoms with van der Waals surface area (Å²) in [7, 11) is 0. The molecular weight excluding hydrogens is 553 g/mol. The van der Waals surface area contributed by atoms with Gasteiger partial charge in [0.2, 0.25) is 11.8 Å². The van der Waals surface area contributed by atoms with Crippen LogP contribution in [0.5, 0.6) is 5.75 Å². The standard InChI is InChI=1S/C22H18BrCl2N3O6/c23-8-27-18(32)21(24)7-13-11(5-6-12-14(13)17(31)28(16(12)30)20(26)34)15(22(21,25)19(27)33)9-1-3-10(29)4-2-9/h1-5,12-15,29H,6-8H2,(H2,26,34). The molecule has 0 bridgehead atoms. The van der Waals surface area contributed by atoms with Crippen LogP contribution in [0, 0.1) is 17.8 Å². The molecule has 3 N–H and O–H groups in total. The number of aromatic hydroxyl groups is 1. The molecule has 0 radical (unpaired) electrons. The third kappa shape index (κ3) is 2.70. The molecule has 1 aromatic rings. The maximum absolute atomic E-state index is 13.5. The minimum Gasteiger partial charge on any atom is -0.508 e. The van der Waals surface area contributed by atoms with E-state index < -0.39 is 63.1 Å². The molecule has 6 unspecified atom stereocenters. The summed E-state index contributed by atoms with van der Waals surface area (Å²) in [6, 6.07) is 4.82. The minimum atomic E-state index is -1.92. The average Bonchev–Trinajstić information content (AvgIpc) is 3.13. The third-order valence-electron chi connectivity index (χ3n) is 7.46. The second kappa shape index (κ2) is 7.53. The number of carbonyl (C=O) groups excluding carboxylic acids is 5. The molecule has 178 valence electrons. The summed E-state index contributed by atoms with van der Waals surface area (Å²) >= 11 is 17.2. The van der Waals surface area contributed by atoms with Gasteiger partial charge in [-0.2, -0.15) is 4.90 Å². The van der Waals surface area contributed by atoms with Crippen molar-refractivity contribution in [1.82, 2.24) is 9.80 Å². The van der Waals surface area contributed by atoms with E-state index in [4.69, 9.17) is 28.9 Å². The van der Waals surface area contributed by atoms with Gasteiger partial charge < -0.3 is 10.8 Å². The zero-order valence-corrected chi connectivity index (χ0v) is 20.5. The Morgan fingerprint density at radius 1 is 1.09 bits per heavy atom. The average molecular weight is 571 g/mol. The summed E-state index contributed by atoms with van der Waals surface area (Å²) in [5.74, 6) is -6.33. The normalized spacial score (nSPS) is 36.9. The summed E-state index contributed by atoms with van der Waals surface area (Å²) in [6.45, 7) is 0. The first-order valence-electron chi connectivity index (χ1n) is 10.4. The predicted molar refractivity (Wildman–Crippen MR) is 123 cm³/mol. The molecule has 12 heteroatoms. The summed E-state index contributed by atoms with van der Waals surface area (Å²) in [6.07, 6.45) is 1.69. The Morgan fingerprint density at radius 2 is 1.74 bits per heavy atom. The van der Waals surface area contributed by atoms with Crippen LogP contribution in [-0.4, -0.2) is 59.8 Å². The minimum absolute atomic E-state index is 0.0147. The lowest BCUT2D eigenvalue weighted by Crippen LogP contribution is -2.60. The van der Waals surface area contributed by atoms with E-state index in [-0.39, 0.29) is 24.0 Å². The molecule has 3 fully saturated rings. The quantitative estimate of drug-likeness (QED) is 0.242. The van der Waals surface area contributed by atoms with E-state index >= 15 is 0 Å². The number of fused-ring (bicyclic) bond motifs is 4. The molecule has 2 aliphatic carbocycles. The maximum Gasteiger partial charge on any atom is 0.328 e. The molecule has 2 aliphatic heterocycles. The van der Waals surface area contributed by atoms with Gasteiger partial charge in [0.1, 0.15) is 5.75 Å². The number of phenols is 1. The Hall–Kier alpha value is -2.43. The van der Waals surface area contributed by atoms with Crippen molar-refractivity contribution in [3.63, 3.8) is 0 Å². The van der Waals surface area contributed by atoms with Crippen molar-refractivity contribution in [3.8, 4) is 5.75 Å². The van der Waals surface area contributed by atoms with Crippen LogP contribution in [0.25, 0.3) is 0 Å². The first kappa shape index (κ1) is 23.3. The number of carbonyl (C=O) groups is 5. The molecule has 6 amide bonds. The fraction of sp³-hybridized carbons (Fsp3) is 0.409. The van der Waals surface area contributed by atoms with Gasteiger partial charge in [0.15, 0.2) is 9.75 Å². The maximum atomic E-state index is 13.5. The van der Waals surface area contributed by atoms with E-state index in [1.54, 1.807) is 18.2 Å². The lowest BCUT2D eigenvalue weighted by molar-refractivity contribution is -0.139. The van der Waals surface area contributed by atoms with E-state index in [1.165, 1.54) is 12.1 Å².